The fourth-order valence-corrected chi connectivity index (χ4v) is 1.33. The predicted octanol–water partition coefficient (Wildman–Crippen LogP) is 2.25. The highest BCUT2D eigenvalue weighted by atomic mass is 16.5. The minimum atomic E-state index is -0.198. The van der Waals surface area contributed by atoms with E-state index in [1.54, 1.807) is 14.2 Å². The second-order valence-corrected chi connectivity index (χ2v) is 3.35. The van der Waals surface area contributed by atoms with Crippen LogP contribution in [-0.2, 0) is 9.47 Å². The van der Waals surface area contributed by atoms with Crippen molar-refractivity contribution in [1.29, 1.82) is 0 Å². The molecule has 0 heterocycles. The number of hydrogen-bond acceptors (Lipinski definition) is 2. The summed E-state index contributed by atoms with van der Waals surface area (Å²) in [6, 6.07) is 0. The SMILES string of the molecule is C=CC[C@](COC)(OC)C(C)C. The van der Waals surface area contributed by atoms with Crippen molar-refractivity contribution < 1.29 is 9.47 Å². The summed E-state index contributed by atoms with van der Waals surface area (Å²) in [7, 11) is 3.42. The van der Waals surface area contributed by atoms with Crippen LogP contribution in [0.2, 0.25) is 0 Å². The Labute approximate surface area is 75.6 Å². The lowest BCUT2D eigenvalue weighted by Crippen LogP contribution is -2.41. The smallest absolute Gasteiger partial charge is 0.0967 e. The average molecular weight is 172 g/mol. The molecule has 2 nitrogen and oxygen atoms in total. The molecule has 0 unspecified atom stereocenters. The lowest BCUT2D eigenvalue weighted by molar-refractivity contribution is -0.0919. The molecule has 72 valence electrons. The van der Waals surface area contributed by atoms with Crippen LogP contribution in [0.1, 0.15) is 20.3 Å². The third-order valence-corrected chi connectivity index (χ3v) is 2.34. The Morgan fingerprint density at radius 2 is 2.00 bits per heavy atom. The summed E-state index contributed by atoms with van der Waals surface area (Å²) in [5.74, 6) is 0.431. The van der Waals surface area contributed by atoms with Crippen LogP contribution in [0.4, 0.5) is 0 Å². The van der Waals surface area contributed by atoms with Crippen LogP contribution in [0.5, 0.6) is 0 Å². The van der Waals surface area contributed by atoms with Gasteiger partial charge >= 0.3 is 0 Å². The summed E-state index contributed by atoms with van der Waals surface area (Å²) < 4.78 is 10.6. The molecule has 0 aliphatic rings. The van der Waals surface area contributed by atoms with Gasteiger partial charge in [-0.2, -0.15) is 0 Å². The molecule has 0 saturated carbocycles. The molecular formula is C10H20O2. The fourth-order valence-electron chi connectivity index (χ4n) is 1.33. The van der Waals surface area contributed by atoms with Gasteiger partial charge in [0.05, 0.1) is 12.2 Å². The fraction of sp³-hybridized carbons (Fsp3) is 0.800. The van der Waals surface area contributed by atoms with Gasteiger partial charge in [-0.1, -0.05) is 19.9 Å². The Morgan fingerprint density at radius 1 is 1.42 bits per heavy atom. The Bertz CT molecular complexity index is 132. The van der Waals surface area contributed by atoms with E-state index < -0.39 is 0 Å². The summed E-state index contributed by atoms with van der Waals surface area (Å²) in [6.45, 7) is 8.60. The first-order valence-corrected chi connectivity index (χ1v) is 4.28. The second-order valence-electron chi connectivity index (χ2n) is 3.35. The summed E-state index contributed by atoms with van der Waals surface area (Å²) in [5, 5.41) is 0. The van der Waals surface area contributed by atoms with Crippen LogP contribution in [0.3, 0.4) is 0 Å². The van der Waals surface area contributed by atoms with Crippen LogP contribution in [0.25, 0.3) is 0 Å². The molecule has 0 aromatic carbocycles. The van der Waals surface area contributed by atoms with Gasteiger partial charge in [-0.05, 0) is 12.3 Å². The number of rotatable bonds is 6. The van der Waals surface area contributed by atoms with Gasteiger partial charge < -0.3 is 9.47 Å². The van der Waals surface area contributed by atoms with E-state index in [2.05, 4.69) is 20.4 Å². The minimum absolute atomic E-state index is 0.198. The molecular weight excluding hydrogens is 152 g/mol. The Balaban J connectivity index is 4.38. The molecule has 0 aliphatic carbocycles. The largest absolute Gasteiger partial charge is 0.382 e. The number of ether oxygens (including phenoxy) is 2. The molecule has 0 amide bonds. The molecule has 0 spiro atoms. The van der Waals surface area contributed by atoms with E-state index in [9.17, 15) is 0 Å². The van der Waals surface area contributed by atoms with E-state index in [0.29, 0.717) is 12.5 Å². The highest BCUT2D eigenvalue weighted by Crippen LogP contribution is 2.25. The standard InChI is InChI=1S/C10H20O2/c1-6-7-10(12-5,8-11-4)9(2)3/h6,9H,1,7-8H2,2-5H3/t10-/m1/s1. The first-order valence-electron chi connectivity index (χ1n) is 4.28. The molecule has 0 bridgehead atoms. The zero-order valence-corrected chi connectivity index (χ0v) is 8.59. The quantitative estimate of drug-likeness (QED) is 0.572. The molecule has 2 heteroatoms. The van der Waals surface area contributed by atoms with Gasteiger partial charge in [-0.3, -0.25) is 0 Å². The Hall–Kier alpha value is -0.340. The first kappa shape index (κ1) is 11.7. The van der Waals surface area contributed by atoms with Crippen molar-refractivity contribution >= 4 is 0 Å². The first-order chi connectivity index (χ1) is 5.63. The van der Waals surface area contributed by atoms with Crippen molar-refractivity contribution in [3.05, 3.63) is 12.7 Å². The monoisotopic (exact) mass is 172 g/mol. The maximum absolute atomic E-state index is 5.48. The van der Waals surface area contributed by atoms with Gasteiger partial charge in [0.25, 0.3) is 0 Å². The zero-order chi connectivity index (χ0) is 9.61. The lowest BCUT2D eigenvalue weighted by Gasteiger charge is -2.34. The van der Waals surface area contributed by atoms with Crippen LogP contribution >= 0.6 is 0 Å². The molecule has 0 saturated heterocycles. The third kappa shape index (κ3) is 2.61. The highest BCUT2D eigenvalue weighted by molar-refractivity contribution is 4.90. The Morgan fingerprint density at radius 3 is 2.25 bits per heavy atom. The maximum atomic E-state index is 5.48. The van der Waals surface area contributed by atoms with Gasteiger partial charge in [0.2, 0.25) is 0 Å². The van der Waals surface area contributed by atoms with E-state index in [1.165, 1.54) is 0 Å². The average Bonchev–Trinajstić information content (AvgIpc) is 2.03. The van der Waals surface area contributed by atoms with Crippen molar-refractivity contribution in [3.8, 4) is 0 Å². The molecule has 1 atom stereocenters. The second kappa shape index (κ2) is 5.33. The van der Waals surface area contributed by atoms with E-state index in [-0.39, 0.29) is 5.60 Å². The summed E-state index contributed by atoms with van der Waals surface area (Å²) in [5.41, 5.74) is -0.198. The molecule has 0 aliphatic heterocycles. The third-order valence-electron chi connectivity index (χ3n) is 2.34. The topological polar surface area (TPSA) is 18.5 Å². The van der Waals surface area contributed by atoms with Crippen molar-refractivity contribution in [2.24, 2.45) is 5.92 Å². The van der Waals surface area contributed by atoms with E-state index in [4.69, 9.17) is 9.47 Å². The highest BCUT2D eigenvalue weighted by Gasteiger charge is 2.32. The molecule has 12 heavy (non-hydrogen) atoms. The summed E-state index contributed by atoms with van der Waals surface area (Å²) in [6.07, 6.45) is 2.71. The minimum Gasteiger partial charge on any atom is -0.382 e. The van der Waals surface area contributed by atoms with Gasteiger partial charge in [-0.15, -0.1) is 6.58 Å². The van der Waals surface area contributed by atoms with Gasteiger partial charge in [0.1, 0.15) is 0 Å². The zero-order valence-electron chi connectivity index (χ0n) is 8.59. The Kier molecular flexibility index (Phi) is 5.18. The van der Waals surface area contributed by atoms with Crippen molar-refractivity contribution in [1.82, 2.24) is 0 Å². The lowest BCUT2D eigenvalue weighted by atomic mass is 9.87. The van der Waals surface area contributed by atoms with E-state index in [1.807, 2.05) is 6.08 Å². The van der Waals surface area contributed by atoms with Crippen molar-refractivity contribution in [2.75, 3.05) is 20.8 Å². The van der Waals surface area contributed by atoms with Crippen LogP contribution in [0.15, 0.2) is 12.7 Å². The van der Waals surface area contributed by atoms with Crippen molar-refractivity contribution in [3.63, 3.8) is 0 Å². The van der Waals surface area contributed by atoms with Crippen LogP contribution in [0, 0.1) is 5.92 Å². The summed E-state index contributed by atoms with van der Waals surface area (Å²) >= 11 is 0. The molecule has 0 N–H and O–H groups in total. The van der Waals surface area contributed by atoms with Crippen molar-refractivity contribution in [2.45, 2.75) is 25.9 Å². The predicted molar refractivity (Wildman–Crippen MR) is 51.3 cm³/mol. The maximum Gasteiger partial charge on any atom is 0.0967 e. The van der Waals surface area contributed by atoms with Gasteiger partial charge in [0.15, 0.2) is 0 Å². The molecule has 0 rings (SSSR count). The number of hydrogen-bond donors (Lipinski definition) is 0. The van der Waals surface area contributed by atoms with Crippen LogP contribution in [-0.4, -0.2) is 26.4 Å². The number of methoxy groups -OCH3 is 2. The molecule has 0 radical (unpaired) electrons. The normalized spacial score (nSPS) is 16.1. The van der Waals surface area contributed by atoms with Gasteiger partial charge in [-0.25, -0.2) is 0 Å². The molecule has 0 fully saturated rings. The molecule has 0 aromatic heterocycles. The summed E-state index contributed by atoms with van der Waals surface area (Å²) in [4.78, 5) is 0. The van der Waals surface area contributed by atoms with Crippen LogP contribution < -0.4 is 0 Å². The van der Waals surface area contributed by atoms with Gasteiger partial charge in [0, 0.05) is 14.2 Å². The molecule has 0 aromatic rings. The van der Waals surface area contributed by atoms with E-state index in [0.717, 1.165) is 6.42 Å². The van der Waals surface area contributed by atoms with E-state index >= 15 is 0 Å².